The number of benzene rings is 1. The van der Waals surface area contributed by atoms with Gasteiger partial charge in [-0.05, 0) is 25.5 Å². The maximum atomic E-state index is 13.4. The second kappa shape index (κ2) is 5.22. The van der Waals surface area contributed by atoms with Crippen molar-refractivity contribution in [1.82, 2.24) is 0 Å². The van der Waals surface area contributed by atoms with Crippen molar-refractivity contribution in [1.29, 1.82) is 0 Å². The highest BCUT2D eigenvalue weighted by Crippen LogP contribution is 2.24. The standard InChI is InChI=1S/C12H17FN2O3/c1-3-12(2,18)6-15-10-5-8(13)7(11(16)17)4-9(10)14/h4-5,15,18H,3,6,14H2,1-2H3,(H,16,17). The topological polar surface area (TPSA) is 95.6 Å². The Morgan fingerprint density at radius 2 is 2.17 bits per heavy atom. The Bertz CT molecular complexity index is 461. The monoisotopic (exact) mass is 256 g/mol. The van der Waals surface area contributed by atoms with Crippen molar-refractivity contribution < 1.29 is 19.4 Å². The molecule has 0 aliphatic heterocycles. The van der Waals surface area contributed by atoms with E-state index in [1.54, 1.807) is 6.92 Å². The number of halogens is 1. The molecule has 0 fully saturated rings. The fourth-order valence-electron chi connectivity index (χ4n) is 1.32. The predicted molar refractivity (Wildman–Crippen MR) is 67.2 cm³/mol. The van der Waals surface area contributed by atoms with Crippen molar-refractivity contribution in [3.05, 3.63) is 23.5 Å². The highest BCUT2D eigenvalue weighted by molar-refractivity contribution is 5.90. The molecule has 1 unspecified atom stereocenters. The lowest BCUT2D eigenvalue weighted by Gasteiger charge is -2.23. The molecule has 0 aliphatic rings. The molecule has 1 aromatic carbocycles. The van der Waals surface area contributed by atoms with E-state index in [2.05, 4.69) is 5.32 Å². The molecule has 0 radical (unpaired) electrons. The molecule has 5 N–H and O–H groups in total. The van der Waals surface area contributed by atoms with Gasteiger partial charge in [-0.2, -0.15) is 0 Å². The molecule has 5 nitrogen and oxygen atoms in total. The zero-order valence-corrected chi connectivity index (χ0v) is 10.3. The largest absolute Gasteiger partial charge is 0.478 e. The Kier molecular flexibility index (Phi) is 4.13. The average molecular weight is 256 g/mol. The summed E-state index contributed by atoms with van der Waals surface area (Å²) in [6.07, 6.45) is 0.523. The molecule has 18 heavy (non-hydrogen) atoms. The Hall–Kier alpha value is -1.82. The zero-order valence-electron chi connectivity index (χ0n) is 10.3. The molecule has 100 valence electrons. The van der Waals surface area contributed by atoms with Crippen LogP contribution in [0.15, 0.2) is 12.1 Å². The zero-order chi connectivity index (χ0) is 13.9. The summed E-state index contributed by atoms with van der Waals surface area (Å²) in [5, 5.41) is 21.3. The molecule has 0 spiro atoms. The van der Waals surface area contributed by atoms with Gasteiger partial charge in [0.25, 0.3) is 0 Å². The van der Waals surface area contributed by atoms with Gasteiger partial charge in [-0.25, -0.2) is 9.18 Å². The van der Waals surface area contributed by atoms with Crippen LogP contribution in [0.2, 0.25) is 0 Å². The molecule has 0 aromatic heterocycles. The minimum Gasteiger partial charge on any atom is -0.478 e. The molecule has 0 saturated carbocycles. The van der Waals surface area contributed by atoms with Gasteiger partial charge in [0.05, 0.1) is 22.5 Å². The number of aliphatic hydroxyl groups is 1. The Balaban J connectivity index is 2.92. The molecule has 0 aliphatic carbocycles. The van der Waals surface area contributed by atoms with Crippen LogP contribution in [0, 0.1) is 5.82 Å². The molecule has 1 aromatic rings. The highest BCUT2D eigenvalue weighted by atomic mass is 19.1. The summed E-state index contributed by atoms with van der Waals surface area (Å²) in [5.74, 6) is -2.23. The third-order valence-electron chi connectivity index (χ3n) is 2.79. The molecule has 0 saturated heterocycles. The van der Waals surface area contributed by atoms with Gasteiger partial charge in [-0.1, -0.05) is 6.92 Å². The fraction of sp³-hybridized carbons (Fsp3) is 0.417. The lowest BCUT2D eigenvalue weighted by molar-refractivity contribution is 0.0684. The quantitative estimate of drug-likeness (QED) is 0.601. The van der Waals surface area contributed by atoms with Gasteiger partial charge in [0.15, 0.2) is 0 Å². The number of rotatable bonds is 5. The molecular weight excluding hydrogens is 239 g/mol. The number of carboxylic acid groups (broad SMARTS) is 1. The second-order valence-corrected chi connectivity index (χ2v) is 4.43. The van der Waals surface area contributed by atoms with E-state index in [0.717, 1.165) is 12.1 Å². The summed E-state index contributed by atoms with van der Waals surface area (Å²) < 4.78 is 13.4. The van der Waals surface area contributed by atoms with E-state index in [0.29, 0.717) is 6.42 Å². The van der Waals surface area contributed by atoms with Crippen LogP contribution in [0.5, 0.6) is 0 Å². The lowest BCUT2D eigenvalue weighted by atomic mass is 10.0. The number of anilines is 2. The van der Waals surface area contributed by atoms with Gasteiger partial charge in [-0.3, -0.25) is 0 Å². The number of carboxylic acids is 1. The van der Waals surface area contributed by atoms with Crippen molar-refractivity contribution >= 4 is 17.3 Å². The normalized spacial score (nSPS) is 14.0. The summed E-state index contributed by atoms with van der Waals surface area (Å²) in [6, 6.07) is 2.07. The number of nitrogen functional groups attached to an aromatic ring is 1. The number of aromatic carboxylic acids is 1. The maximum Gasteiger partial charge on any atom is 0.338 e. The van der Waals surface area contributed by atoms with Gasteiger partial charge >= 0.3 is 5.97 Å². The smallest absolute Gasteiger partial charge is 0.338 e. The van der Waals surface area contributed by atoms with Crippen LogP contribution >= 0.6 is 0 Å². The van der Waals surface area contributed by atoms with Crippen LogP contribution in [0.25, 0.3) is 0 Å². The first-order valence-corrected chi connectivity index (χ1v) is 5.55. The molecule has 1 rings (SSSR count). The van der Waals surface area contributed by atoms with Crippen molar-refractivity contribution in [2.24, 2.45) is 0 Å². The second-order valence-electron chi connectivity index (χ2n) is 4.43. The Morgan fingerprint density at radius 3 is 2.67 bits per heavy atom. The van der Waals surface area contributed by atoms with Crippen molar-refractivity contribution in [2.45, 2.75) is 25.9 Å². The first kappa shape index (κ1) is 14.2. The summed E-state index contributed by atoms with van der Waals surface area (Å²) in [6.45, 7) is 3.65. The van der Waals surface area contributed by atoms with Gasteiger partial charge in [0.1, 0.15) is 5.82 Å². The van der Waals surface area contributed by atoms with E-state index < -0.39 is 23.0 Å². The minimum absolute atomic E-state index is 0.126. The first-order chi connectivity index (χ1) is 8.26. The van der Waals surface area contributed by atoms with Crippen LogP contribution in [0.4, 0.5) is 15.8 Å². The number of hydrogen-bond acceptors (Lipinski definition) is 4. The van der Waals surface area contributed by atoms with Crippen LogP contribution in [-0.4, -0.2) is 28.3 Å². The maximum absolute atomic E-state index is 13.4. The summed E-state index contributed by atoms with van der Waals surface area (Å²) in [7, 11) is 0. The summed E-state index contributed by atoms with van der Waals surface area (Å²) in [5.41, 5.74) is 4.61. The third kappa shape index (κ3) is 3.33. The summed E-state index contributed by atoms with van der Waals surface area (Å²) >= 11 is 0. The van der Waals surface area contributed by atoms with Crippen molar-refractivity contribution in [3.8, 4) is 0 Å². The van der Waals surface area contributed by atoms with E-state index in [9.17, 15) is 14.3 Å². The molecule has 6 heteroatoms. The average Bonchev–Trinajstić information content (AvgIpc) is 2.29. The number of carbonyl (C=O) groups is 1. The Labute approximate surface area is 104 Å². The van der Waals surface area contributed by atoms with E-state index in [-0.39, 0.29) is 17.9 Å². The molecule has 0 amide bonds. The Morgan fingerprint density at radius 1 is 1.56 bits per heavy atom. The van der Waals surface area contributed by atoms with Gasteiger partial charge in [0, 0.05) is 6.54 Å². The van der Waals surface area contributed by atoms with Crippen LogP contribution in [0.1, 0.15) is 30.6 Å². The lowest BCUT2D eigenvalue weighted by Crippen LogP contribution is -2.32. The van der Waals surface area contributed by atoms with E-state index in [4.69, 9.17) is 10.8 Å². The molecule has 0 bridgehead atoms. The van der Waals surface area contributed by atoms with Crippen LogP contribution in [-0.2, 0) is 0 Å². The first-order valence-electron chi connectivity index (χ1n) is 5.55. The number of hydrogen-bond donors (Lipinski definition) is 4. The molecule has 1 atom stereocenters. The van der Waals surface area contributed by atoms with Crippen LogP contribution < -0.4 is 11.1 Å². The predicted octanol–water partition coefficient (Wildman–Crippen LogP) is 1.68. The van der Waals surface area contributed by atoms with Crippen molar-refractivity contribution in [3.63, 3.8) is 0 Å². The third-order valence-corrected chi connectivity index (χ3v) is 2.79. The van der Waals surface area contributed by atoms with Gasteiger partial charge in [-0.15, -0.1) is 0 Å². The number of nitrogens with two attached hydrogens (primary N) is 1. The summed E-state index contributed by atoms with van der Waals surface area (Å²) in [4.78, 5) is 10.7. The number of nitrogens with one attached hydrogen (secondary N) is 1. The SMILES string of the molecule is CCC(C)(O)CNc1cc(F)c(C(=O)O)cc1N. The van der Waals surface area contributed by atoms with E-state index in [1.807, 2.05) is 6.92 Å². The minimum atomic E-state index is -1.37. The van der Waals surface area contributed by atoms with Crippen LogP contribution in [0.3, 0.4) is 0 Å². The molecule has 0 heterocycles. The van der Waals surface area contributed by atoms with E-state index >= 15 is 0 Å². The highest BCUT2D eigenvalue weighted by Gasteiger charge is 2.19. The van der Waals surface area contributed by atoms with E-state index in [1.165, 1.54) is 0 Å². The molecular formula is C12H17FN2O3. The van der Waals surface area contributed by atoms with Crippen molar-refractivity contribution in [2.75, 3.05) is 17.6 Å². The van der Waals surface area contributed by atoms with Gasteiger partial charge in [0.2, 0.25) is 0 Å². The fourth-order valence-corrected chi connectivity index (χ4v) is 1.32. The van der Waals surface area contributed by atoms with Gasteiger partial charge < -0.3 is 21.3 Å².